The zero-order chi connectivity index (χ0) is 13.1. The van der Waals surface area contributed by atoms with Gasteiger partial charge in [-0.1, -0.05) is 6.92 Å². The fourth-order valence-corrected chi connectivity index (χ4v) is 5.48. The molecule has 1 heterocycles. The zero-order valence-electron chi connectivity index (χ0n) is 9.99. The summed E-state index contributed by atoms with van der Waals surface area (Å²) in [7, 11) is -3.37. The van der Waals surface area contributed by atoms with Crippen LogP contribution in [0.2, 0.25) is 0 Å². The van der Waals surface area contributed by atoms with E-state index in [4.69, 9.17) is 0 Å². The molecule has 98 valence electrons. The molecule has 0 aliphatic rings. The molecule has 0 amide bonds. The van der Waals surface area contributed by atoms with Gasteiger partial charge in [-0.25, -0.2) is 13.1 Å². The summed E-state index contributed by atoms with van der Waals surface area (Å²) in [5, 5.41) is 0. The number of nitrogens with one attached hydrogen (secondary N) is 1. The van der Waals surface area contributed by atoms with Crippen LogP contribution in [0.15, 0.2) is 14.1 Å². The van der Waals surface area contributed by atoms with Crippen molar-refractivity contribution in [2.45, 2.75) is 31.0 Å². The number of hydrogen-bond acceptors (Lipinski definition) is 4. The van der Waals surface area contributed by atoms with Gasteiger partial charge in [0.05, 0.1) is 3.79 Å². The Hall–Kier alpha value is 0.440. The van der Waals surface area contributed by atoms with Gasteiger partial charge in [0.15, 0.2) is 0 Å². The van der Waals surface area contributed by atoms with Crippen molar-refractivity contribution in [1.29, 1.82) is 0 Å². The highest BCUT2D eigenvalue weighted by Crippen LogP contribution is 2.30. The normalized spacial score (nSPS) is 13.9. The molecule has 0 spiro atoms. The number of aryl methyl sites for hydroxylation is 1. The molecule has 1 unspecified atom stereocenters. The summed E-state index contributed by atoms with van der Waals surface area (Å²) in [6.07, 6.45) is 0. The van der Waals surface area contributed by atoms with Crippen molar-refractivity contribution in [3.63, 3.8) is 0 Å². The van der Waals surface area contributed by atoms with Crippen LogP contribution in [0, 0.1) is 6.92 Å². The predicted molar refractivity (Wildman–Crippen MR) is 79.5 cm³/mol. The molecule has 1 rings (SSSR count). The molecule has 1 atom stereocenters. The zero-order valence-corrected chi connectivity index (χ0v) is 14.0. The second-order valence-electron chi connectivity index (χ2n) is 3.70. The number of thiophene rings is 1. The summed E-state index contributed by atoms with van der Waals surface area (Å²) in [5.74, 6) is 1.79. The molecule has 1 aromatic rings. The van der Waals surface area contributed by atoms with Gasteiger partial charge in [-0.3, -0.25) is 0 Å². The highest BCUT2D eigenvalue weighted by molar-refractivity contribution is 9.11. The van der Waals surface area contributed by atoms with E-state index in [2.05, 4.69) is 27.6 Å². The molecule has 0 aliphatic carbocycles. The summed E-state index contributed by atoms with van der Waals surface area (Å²) < 4.78 is 28.0. The van der Waals surface area contributed by atoms with Crippen molar-refractivity contribution in [3.05, 3.63) is 15.4 Å². The van der Waals surface area contributed by atoms with E-state index in [0.29, 0.717) is 4.21 Å². The van der Waals surface area contributed by atoms with Crippen LogP contribution in [0.1, 0.15) is 19.4 Å². The second-order valence-corrected chi connectivity index (χ2v) is 9.33. The Morgan fingerprint density at radius 1 is 1.59 bits per heavy atom. The van der Waals surface area contributed by atoms with Gasteiger partial charge in [0.1, 0.15) is 4.21 Å². The maximum atomic E-state index is 12.0. The Morgan fingerprint density at radius 2 is 2.24 bits per heavy atom. The fourth-order valence-electron chi connectivity index (χ4n) is 1.22. The van der Waals surface area contributed by atoms with Gasteiger partial charge in [-0.05, 0) is 47.2 Å². The van der Waals surface area contributed by atoms with Crippen LogP contribution in [-0.2, 0) is 10.0 Å². The number of thioether (sulfide) groups is 1. The van der Waals surface area contributed by atoms with Gasteiger partial charge < -0.3 is 0 Å². The van der Waals surface area contributed by atoms with E-state index in [1.165, 1.54) is 11.3 Å². The van der Waals surface area contributed by atoms with Crippen LogP contribution in [0.5, 0.6) is 0 Å². The Bertz CT molecular complexity index is 450. The third-order valence-corrected chi connectivity index (χ3v) is 7.37. The summed E-state index contributed by atoms with van der Waals surface area (Å²) in [4.78, 5) is 0. The lowest BCUT2D eigenvalue weighted by Crippen LogP contribution is -2.33. The smallest absolute Gasteiger partial charge is 0.207 e. The minimum atomic E-state index is -3.37. The lowest BCUT2D eigenvalue weighted by Gasteiger charge is -2.12. The topological polar surface area (TPSA) is 46.2 Å². The Balaban J connectivity index is 2.75. The van der Waals surface area contributed by atoms with Crippen molar-refractivity contribution in [2.75, 3.05) is 11.5 Å². The van der Waals surface area contributed by atoms with Crippen LogP contribution in [0.25, 0.3) is 0 Å². The first-order chi connectivity index (χ1) is 7.86. The molecule has 0 aromatic carbocycles. The van der Waals surface area contributed by atoms with E-state index in [0.717, 1.165) is 20.9 Å². The average Bonchev–Trinajstić information content (AvgIpc) is 2.56. The van der Waals surface area contributed by atoms with E-state index in [9.17, 15) is 8.42 Å². The molecule has 3 nitrogen and oxygen atoms in total. The second kappa shape index (κ2) is 6.56. The van der Waals surface area contributed by atoms with Gasteiger partial charge in [0.25, 0.3) is 0 Å². The number of halogens is 1. The summed E-state index contributed by atoms with van der Waals surface area (Å²) in [6.45, 7) is 5.83. The molecular formula is C10H16BrNO2S3. The van der Waals surface area contributed by atoms with Gasteiger partial charge in [0, 0.05) is 11.8 Å². The van der Waals surface area contributed by atoms with Crippen molar-refractivity contribution >= 4 is 49.1 Å². The predicted octanol–water partition coefficient (Wildman–Crippen LogP) is 3.24. The molecule has 17 heavy (non-hydrogen) atoms. The lowest BCUT2D eigenvalue weighted by atomic mass is 10.4. The maximum Gasteiger partial charge on any atom is 0.250 e. The monoisotopic (exact) mass is 357 g/mol. The highest BCUT2D eigenvalue weighted by atomic mass is 79.9. The molecule has 1 aromatic heterocycles. The van der Waals surface area contributed by atoms with Crippen molar-refractivity contribution < 1.29 is 8.42 Å². The van der Waals surface area contributed by atoms with Crippen LogP contribution >= 0.6 is 39.0 Å². The Morgan fingerprint density at radius 3 is 2.71 bits per heavy atom. The Labute approximate surface area is 120 Å². The van der Waals surface area contributed by atoms with Gasteiger partial charge >= 0.3 is 0 Å². The molecule has 0 saturated heterocycles. The number of hydrogen-bond donors (Lipinski definition) is 1. The highest BCUT2D eigenvalue weighted by Gasteiger charge is 2.20. The first kappa shape index (κ1) is 15.5. The molecule has 0 saturated carbocycles. The minimum absolute atomic E-state index is 0.0499. The maximum absolute atomic E-state index is 12.0. The standard InChI is InChI=1S/C10H16BrNO2S3/c1-4-15-6-8(3)12-17(13,14)9-5-7(2)10(11)16-9/h5,8,12H,4,6H2,1-3H3. The summed E-state index contributed by atoms with van der Waals surface area (Å²) >= 11 is 6.31. The molecular weight excluding hydrogens is 342 g/mol. The van der Waals surface area contributed by atoms with E-state index >= 15 is 0 Å². The molecule has 1 N–H and O–H groups in total. The van der Waals surface area contributed by atoms with Crippen LogP contribution in [0.3, 0.4) is 0 Å². The third-order valence-electron chi connectivity index (χ3n) is 2.03. The minimum Gasteiger partial charge on any atom is -0.207 e. The van der Waals surface area contributed by atoms with E-state index in [1.54, 1.807) is 17.8 Å². The lowest BCUT2D eigenvalue weighted by molar-refractivity contribution is 0.573. The largest absolute Gasteiger partial charge is 0.250 e. The SMILES string of the molecule is CCSCC(C)NS(=O)(=O)c1cc(C)c(Br)s1. The average molecular weight is 358 g/mol. The molecule has 0 fully saturated rings. The summed E-state index contributed by atoms with van der Waals surface area (Å²) in [6, 6.07) is 1.64. The van der Waals surface area contributed by atoms with Crippen molar-refractivity contribution in [1.82, 2.24) is 4.72 Å². The Kier molecular flexibility index (Phi) is 5.98. The summed E-state index contributed by atoms with van der Waals surface area (Å²) in [5.41, 5.74) is 0.950. The van der Waals surface area contributed by atoms with E-state index < -0.39 is 10.0 Å². The molecule has 7 heteroatoms. The third kappa shape index (κ3) is 4.55. The molecule has 0 radical (unpaired) electrons. The van der Waals surface area contributed by atoms with E-state index in [1.807, 2.05) is 13.8 Å². The van der Waals surface area contributed by atoms with Crippen LogP contribution < -0.4 is 4.72 Å². The van der Waals surface area contributed by atoms with Crippen molar-refractivity contribution in [2.24, 2.45) is 0 Å². The van der Waals surface area contributed by atoms with Crippen LogP contribution in [-0.4, -0.2) is 26.0 Å². The van der Waals surface area contributed by atoms with Gasteiger partial charge in [-0.15, -0.1) is 11.3 Å². The fraction of sp³-hybridized carbons (Fsp3) is 0.600. The van der Waals surface area contributed by atoms with Crippen molar-refractivity contribution in [3.8, 4) is 0 Å². The van der Waals surface area contributed by atoms with Gasteiger partial charge in [0.2, 0.25) is 10.0 Å². The number of rotatable bonds is 6. The van der Waals surface area contributed by atoms with E-state index in [-0.39, 0.29) is 6.04 Å². The molecule has 0 bridgehead atoms. The van der Waals surface area contributed by atoms with Crippen LogP contribution in [0.4, 0.5) is 0 Å². The quantitative estimate of drug-likeness (QED) is 0.849. The first-order valence-corrected chi connectivity index (χ1v) is 9.47. The van der Waals surface area contributed by atoms with Gasteiger partial charge in [-0.2, -0.15) is 11.8 Å². The number of sulfonamides is 1. The first-order valence-electron chi connectivity index (χ1n) is 5.22. The molecule has 0 aliphatic heterocycles.